The van der Waals surface area contributed by atoms with Crippen LogP contribution in [0.15, 0.2) is 18.6 Å². The van der Waals surface area contributed by atoms with Gasteiger partial charge in [0.2, 0.25) is 11.9 Å². The molecule has 8 nitrogen and oxygen atoms in total. The summed E-state index contributed by atoms with van der Waals surface area (Å²) in [5.74, 6) is -0.119. The van der Waals surface area contributed by atoms with Gasteiger partial charge < -0.3 is 10.2 Å². The fourth-order valence-electron chi connectivity index (χ4n) is 2.93. The standard InChI is InChI=1S/C15H20FN7O/c1-15(2)8-23(13-5-12(16)17-9-18-13)7-11(15)20-14(24)4-10-6-19-21-22(10)3/h5-6,9,11H,4,7-8H2,1-3H3,(H,20,24). The van der Waals surface area contributed by atoms with E-state index in [4.69, 9.17) is 0 Å². The number of amides is 1. The maximum Gasteiger partial charge on any atom is 0.226 e. The van der Waals surface area contributed by atoms with E-state index in [1.54, 1.807) is 17.9 Å². The number of aromatic nitrogens is 5. The van der Waals surface area contributed by atoms with E-state index in [0.29, 0.717) is 18.9 Å². The first kappa shape index (κ1) is 16.3. The molecular weight excluding hydrogens is 313 g/mol. The monoisotopic (exact) mass is 333 g/mol. The number of nitrogens with one attached hydrogen (secondary N) is 1. The molecule has 9 heteroatoms. The maximum atomic E-state index is 13.3. The van der Waals surface area contributed by atoms with E-state index in [9.17, 15) is 9.18 Å². The van der Waals surface area contributed by atoms with Crippen LogP contribution in [-0.4, -0.2) is 50.0 Å². The Balaban J connectivity index is 1.67. The van der Waals surface area contributed by atoms with Gasteiger partial charge in [-0.15, -0.1) is 5.10 Å². The molecule has 1 atom stereocenters. The molecule has 1 aliphatic rings. The van der Waals surface area contributed by atoms with Crippen molar-refractivity contribution in [2.75, 3.05) is 18.0 Å². The Morgan fingerprint density at radius 2 is 2.25 bits per heavy atom. The van der Waals surface area contributed by atoms with E-state index in [1.165, 1.54) is 12.4 Å². The molecule has 128 valence electrons. The quantitative estimate of drug-likeness (QED) is 0.811. The highest BCUT2D eigenvalue weighted by molar-refractivity contribution is 5.78. The molecule has 1 amide bonds. The first-order chi connectivity index (χ1) is 11.3. The molecule has 0 saturated carbocycles. The van der Waals surface area contributed by atoms with E-state index in [0.717, 1.165) is 5.69 Å². The van der Waals surface area contributed by atoms with Gasteiger partial charge in [-0.2, -0.15) is 4.39 Å². The lowest BCUT2D eigenvalue weighted by Crippen LogP contribution is -2.45. The molecule has 0 aromatic carbocycles. The van der Waals surface area contributed by atoms with E-state index < -0.39 is 5.95 Å². The summed E-state index contributed by atoms with van der Waals surface area (Å²) in [6.07, 6.45) is 3.01. The van der Waals surface area contributed by atoms with Gasteiger partial charge in [-0.25, -0.2) is 9.97 Å². The highest BCUT2D eigenvalue weighted by Crippen LogP contribution is 2.32. The van der Waals surface area contributed by atoms with E-state index in [-0.39, 0.29) is 23.8 Å². The molecule has 0 radical (unpaired) electrons. The van der Waals surface area contributed by atoms with E-state index in [2.05, 4.69) is 39.4 Å². The van der Waals surface area contributed by atoms with Crippen LogP contribution in [0.3, 0.4) is 0 Å². The van der Waals surface area contributed by atoms with E-state index >= 15 is 0 Å². The fraction of sp³-hybridized carbons (Fsp3) is 0.533. The van der Waals surface area contributed by atoms with Gasteiger partial charge in [-0.3, -0.25) is 9.48 Å². The highest BCUT2D eigenvalue weighted by atomic mass is 19.1. The Bertz CT molecular complexity index is 745. The second-order valence-electron chi connectivity index (χ2n) is 6.71. The van der Waals surface area contributed by atoms with Crippen LogP contribution in [0.25, 0.3) is 0 Å². The SMILES string of the molecule is Cn1nncc1CC(=O)NC1CN(c2cc(F)ncn2)CC1(C)C. The number of carbonyl (C=O) groups is 1. The van der Waals surface area contributed by atoms with Gasteiger partial charge in [0, 0.05) is 31.6 Å². The van der Waals surface area contributed by atoms with Gasteiger partial charge >= 0.3 is 0 Å². The summed E-state index contributed by atoms with van der Waals surface area (Å²) in [6.45, 7) is 5.38. The molecule has 1 fully saturated rings. The van der Waals surface area contributed by atoms with Crippen LogP contribution < -0.4 is 10.2 Å². The van der Waals surface area contributed by atoms with Crippen molar-refractivity contribution in [1.82, 2.24) is 30.3 Å². The first-order valence-electron chi connectivity index (χ1n) is 7.70. The van der Waals surface area contributed by atoms with Crippen molar-refractivity contribution < 1.29 is 9.18 Å². The normalized spacial score (nSPS) is 19.5. The fourth-order valence-corrected chi connectivity index (χ4v) is 2.93. The molecule has 2 aromatic heterocycles. The predicted octanol–water partition coefficient (Wildman–Crippen LogP) is 0.318. The zero-order valence-electron chi connectivity index (χ0n) is 13.9. The minimum absolute atomic E-state index is 0.0655. The Labute approximate surface area is 139 Å². The summed E-state index contributed by atoms with van der Waals surface area (Å²) in [7, 11) is 1.75. The van der Waals surface area contributed by atoms with Crippen LogP contribution >= 0.6 is 0 Å². The van der Waals surface area contributed by atoms with Gasteiger partial charge in [0.1, 0.15) is 12.1 Å². The summed E-state index contributed by atoms with van der Waals surface area (Å²) in [4.78, 5) is 21.9. The van der Waals surface area contributed by atoms with E-state index in [1.807, 2.05) is 4.90 Å². The highest BCUT2D eigenvalue weighted by Gasteiger charge is 2.40. The molecule has 1 aliphatic heterocycles. The van der Waals surface area contributed by atoms with Gasteiger partial charge in [0.05, 0.1) is 24.4 Å². The Morgan fingerprint density at radius 3 is 2.92 bits per heavy atom. The lowest BCUT2D eigenvalue weighted by atomic mass is 9.88. The molecule has 3 rings (SSSR count). The van der Waals surface area contributed by atoms with Crippen molar-refractivity contribution in [1.29, 1.82) is 0 Å². The first-order valence-corrected chi connectivity index (χ1v) is 7.70. The third-order valence-electron chi connectivity index (χ3n) is 4.37. The molecule has 1 unspecified atom stereocenters. The third-order valence-corrected chi connectivity index (χ3v) is 4.37. The third kappa shape index (κ3) is 3.34. The lowest BCUT2D eigenvalue weighted by molar-refractivity contribution is -0.121. The Hall–Kier alpha value is -2.58. The summed E-state index contributed by atoms with van der Waals surface area (Å²) in [5, 5.41) is 10.7. The smallest absolute Gasteiger partial charge is 0.226 e. The summed E-state index contributed by atoms with van der Waals surface area (Å²) >= 11 is 0. The second-order valence-corrected chi connectivity index (χ2v) is 6.71. The molecule has 0 spiro atoms. The molecular formula is C15H20FN7O. The molecule has 24 heavy (non-hydrogen) atoms. The average molecular weight is 333 g/mol. The van der Waals surface area contributed by atoms with Crippen molar-refractivity contribution in [3.05, 3.63) is 30.2 Å². The topological polar surface area (TPSA) is 88.8 Å². The minimum Gasteiger partial charge on any atom is -0.354 e. The van der Waals surface area contributed by atoms with Crippen LogP contribution in [0.4, 0.5) is 10.2 Å². The van der Waals surface area contributed by atoms with Crippen LogP contribution in [0.2, 0.25) is 0 Å². The summed E-state index contributed by atoms with van der Waals surface area (Å²) in [6, 6.07) is 1.24. The molecule has 0 bridgehead atoms. The largest absolute Gasteiger partial charge is 0.354 e. The Kier molecular flexibility index (Phi) is 4.16. The molecule has 3 heterocycles. The molecule has 1 saturated heterocycles. The zero-order valence-corrected chi connectivity index (χ0v) is 13.9. The van der Waals surface area contributed by atoms with Gasteiger partial charge in [-0.1, -0.05) is 19.1 Å². The number of hydrogen-bond donors (Lipinski definition) is 1. The number of halogens is 1. The van der Waals surface area contributed by atoms with Crippen molar-refractivity contribution >= 4 is 11.7 Å². The minimum atomic E-state index is -0.561. The molecule has 0 aliphatic carbocycles. The van der Waals surface area contributed by atoms with Crippen LogP contribution in [-0.2, 0) is 18.3 Å². The van der Waals surface area contributed by atoms with Crippen LogP contribution in [0.1, 0.15) is 19.5 Å². The zero-order chi connectivity index (χ0) is 17.3. The number of carbonyl (C=O) groups excluding carboxylic acids is 1. The van der Waals surface area contributed by atoms with Crippen molar-refractivity contribution in [2.45, 2.75) is 26.3 Å². The number of nitrogens with zero attached hydrogens (tertiary/aromatic N) is 6. The number of rotatable bonds is 4. The number of aryl methyl sites for hydroxylation is 1. The number of anilines is 1. The second kappa shape index (κ2) is 6.14. The Morgan fingerprint density at radius 1 is 1.46 bits per heavy atom. The van der Waals surface area contributed by atoms with Gasteiger partial charge in [0.25, 0.3) is 0 Å². The van der Waals surface area contributed by atoms with Gasteiger partial charge in [0.15, 0.2) is 0 Å². The average Bonchev–Trinajstić information content (AvgIpc) is 3.03. The van der Waals surface area contributed by atoms with Crippen molar-refractivity contribution in [3.63, 3.8) is 0 Å². The number of hydrogen-bond acceptors (Lipinski definition) is 6. The molecule has 2 aromatic rings. The molecule has 1 N–H and O–H groups in total. The van der Waals surface area contributed by atoms with Crippen molar-refractivity contribution in [2.24, 2.45) is 12.5 Å². The van der Waals surface area contributed by atoms with Crippen LogP contribution in [0.5, 0.6) is 0 Å². The maximum absolute atomic E-state index is 13.3. The summed E-state index contributed by atoms with van der Waals surface area (Å²) in [5.41, 5.74) is 0.583. The van der Waals surface area contributed by atoms with Gasteiger partial charge in [-0.05, 0) is 0 Å². The lowest BCUT2D eigenvalue weighted by Gasteiger charge is -2.26. The van der Waals surface area contributed by atoms with Crippen LogP contribution in [0, 0.1) is 11.4 Å². The predicted molar refractivity (Wildman–Crippen MR) is 84.6 cm³/mol. The van der Waals surface area contributed by atoms with Crippen molar-refractivity contribution in [3.8, 4) is 0 Å². The summed E-state index contributed by atoms with van der Waals surface area (Å²) < 4.78 is 14.9.